The van der Waals surface area contributed by atoms with Gasteiger partial charge in [0.1, 0.15) is 0 Å². The molecule has 0 aliphatic rings. The van der Waals surface area contributed by atoms with Gasteiger partial charge in [0.2, 0.25) is 0 Å². The summed E-state index contributed by atoms with van der Waals surface area (Å²) in [4.78, 5) is 4.42. The van der Waals surface area contributed by atoms with Crippen LogP contribution in [0.5, 0.6) is 0 Å². The van der Waals surface area contributed by atoms with Gasteiger partial charge in [-0.1, -0.05) is 17.3 Å². The Morgan fingerprint density at radius 3 is 3.00 bits per heavy atom. The average molecular weight is 324 g/mol. The second kappa shape index (κ2) is 4.66. The number of hydrogen-bond acceptors (Lipinski definition) is 3. The van der Waals surface area contributed by atoms with Gasteiger partial charge >= 0.3 is 0 Å². The predicted octanol–water partition coefficient (Wildman–Crippen LogP) is 3.32. The van der Waals surface area contributed by atoms with Crippen LogP contribution >= 0.6 is 27.5 Å². The van der Waals surface area contributed by atoms with Crippen molar-refractivity contribution in [3.63, 3.8) is 0 Å². The van der Waals surface area contributed by atoms with Crippen molar-refractivity contribution in [1.82, 2.24) is 20.0 Å². The minimum atomic E-state index is 0.351. The quantitative estimate of drug-likeness (QED) is 0.680. The summed E-state index contributed by atoms with van der Waals surface area (Å²) in [5.41, 5.74) is 2.52. The summed E-state index contributed by atoms with van der Waals surface area (Å²) in [6.45, 7) is 0. The van der Waals surface area contributed by atoms with E-state index in [4.69, 9.17) is 11.6 Å². The average Bonchev–Trinajstić information content (AvgIpc) is 2.86. The topological polar surface area (TPSA) is 43.6 Å². The molecule has 3 rings (SSSR count). The van der Waals surface area contributed by atoms with E-state index in [1.807, 2.05) is 30.5 Å². The number of para-hydroxylation sites is 1. The summed E-state index contributed by atoms with van der Waals surface area (Å²) >= 11 is 9.14. The molecule has 0 fully saturated rings. The number of rotatable bonds is 2. The number of fused-ring (bicyclic) bond motifs is 1. The molecule has 0 N–H and O–H groups in total. The molecule has 0 spiro atoms. The zero-order chi connectivity index (χ0) is 12.5. The summed E-state index contributed by atoms with van der Waals surface area (Å²) < 4.78 is 2.65. The van der Waals surface area contributed by atoms with Crippen LogP contribution < -0.4 is 0 Å². The molecule has 18 heavy (non-hydrogen) atoms. The highest BCUT2D eigenvalue weighted by Crippen LogP contribution is 2.22. The highest BCUT2D eigenvalue weighted by Gasteiger charge is 2.07. The van der Waals surface area contributed by atoms with Crippen LogP contribution in [0.1, 0.15) is 5.69 Å². The lowest BCUT2D eigenvalue weighted by atomic mass is 10.2. The van der Waals surface area contributed by atoms with Crippen LogP contribution in [0, 0.1) is 0 Å². The highest BCUT2D eigenvalue weighted by atomic mass is 79.9. The Kier molecular flexibility index (Phi) is 3.01. The van der Waals surface area contributed by atoms with Gasteiger partial charge in [-0.2, -0.15) is 0 Å². The highest BCUT2D eigenvalue weighted by molar-refractivity contribution is 9.10. The molecule has 0 amide bonds. The van der Waals surface area contributed by atoms with E-state index in [1.54, 1.807) is 10.9 Å². The van der Waals surface area contributed by atoms with Crippen molar-refractivity contribution in [3.8, 4) is 5.69 Å². The second-order valence-electron chi connectivity index (χ2n) is 3.79. The van der Waals surface area contributed by atoms with E-state index in [0.717, 1.165) is 26.8 Å². The summed E-state index contributed by atoms with van der Waals surface area (Å²) in [7, 11) is 0. The van der Waals surface area contributed by atoms with Gasteiger partial charge in [-0.15, -0.1) is 16.7 Å². The first-order valence-electron chi connectivity index (χ1n) is 5.30. The molecule has 0 bridgehead atoms. The van der Waals surface area contributed by atoms with E-state index in [1.165, 1.54) is 0 Å². The maximum absolute atomic E-state index is 5.73. The molecular weight excluding hydrogens is 316 g/mol. The SMILES string of the molecule is ClCc1cn(-c2cccc3cc(Br)cnc23)nn1. The van der Waals surface area contributed by atoms with Crippen LogP contribution in [0.2, 0.25) is 0 Å². The predicted molar refractivity (Wildman–Crippen MR) is 73.9 cm³/mol. The standard InChI is InChI=1S/C12H8BrClN4/c13-9-4-8-2-1-3-11(12(8)15-6-9)18-7-10(5-14)16-17-18/h1-4,6-7H,5H2. The van der Waals surface area contributed by atoms with Gasteiger partial charge in [-0.05, 0) is 28.1 Å². The second-order valence-corrected chi connectivity index (χ2v) is 4.97. The van der Waals surface area contributed by atoms with E-state index >= 15 is 0 Å². The lowest BCUT2D eigenvalue weighted by Gasteiger charge is -2.04. The molecule has 90 valence electrons. The third kappa shape index (κ3) is 2.00. The Morgan fingerprint density at radius 1 is 1.33 bits per heavy atom. The fourth-order valence-corrected chi connectivity index (χ4v) is 2.25. The van der Waals surface area contributed by atoms with Gasteiger partial charge in [-0.25, -0.2) is 4.68 Å². The van der Waals surface area contributed by atoms with E-state index in [-0.39, 0.29) is 0 Å². The smallest absolute Gasteiger partial charge is 0.0979 e. The Hall–Kier alpha value is -1.46. The molecule has 0 atom stereocenters. The third-order valence-corrected chi connectivity index (χ3v) is 3.29. The summed E-state index contributed by atoms with van der Waals surface area (Å²) in [6.07, 6.45) is 3.58. The molecule has 0 radical (unpaired) electrons. The fraction of sp³-hybridized carbons (Fsp3) is 0.0833. The van der Waals surface area contributed by atoms with Crippen molar-refractivity contribution in [3.05, 3.63) is 46.8 Å². The zero-order valence-corrected chi connectivity index (χ0v) is 11.6. The third-order valence-electron chi connectivity index (χ3n) is 2.58. The van der Waals surface area contributed by atoms with Crippen LogP contribution in [0.25, 0.3) is 16.6 Å². The number of nitrogens with zero attached hydrogens (tertiary/aromatic N) is 4. The normalized spacial score (nSPS) is 11.0. The Bertz CT molecular complexity index is 710. The number of halogens is 2. The van der Waals surface area contributed by atoms with Gasteiger partial charge in [0.15, 0.2) is 0 Å². The van der Waals surface area contributed by atoms with Crippen LogP contribution in [0.15, 0.2) is 41.1 Å². The largest absolute Gasteiger partial charge is 0.253 e. The molecule has 2 heterocycles. The van der Waals surface area contributed by atoms with Gasteiger partial charge < -0.3 is 0 Å². The first-order valence-corrected chi connectivity index (χ1v) is 6.62. The zero-order valence-electron chi connectivity index (χ0n) is 9.22. The van der Waals surface area contributed by atoms with E-state index in [9.17, 15) is 0 Å². The molecule has 0 saturated carbocycles. The molecule has 2 aromatic heterocycles. The van der Waals surface area contributed by atoms with Crippen LogP contribution in [0.3, 0.4) is 0 Å². The minimum Gasteiger partial charge on any atom is -0.253 e. The summed E-state index contributed by atoms with van der Waals surface area (Å²) in [6, 6.07) is 7.95. The molecule has 3 aromatic rings. The van der Waals surface area contributed by atoms with E-state index < -0.39 is 0 Å². The van der Waals surface area contributed by atoms with Gasteiger partial charge in [0.05, 0.1) is 29.0 Å². The number of hydrogen-bond donors (Lipinski definition) is 0. The lowest BCUT2D eigenvalue weighted by Crippen LogP contribution is -1.97. The molecule has 6 heteroatoms. The summed E-state index contributed by atoms with van der Waals surface area (Å²) in [5, 5.41) is 9.09. The monoisotopic (exact) mass is 322 g/mol. The maximum Gasteiger partial charge on any atom is 0.0979 e. The number of alkyl halides is 1. The van der Waals surface area contributed by atoms with Crippen molar-refractivity contribution in [1.29, 1.82) is 0 Å². The molecule has 0 unspecified atom stereocenters. The Morgan fingerprint density at radius 2 is 2.22 bits per heavy atom. The van der Waals surface area contributed by atoms with Gasteiger partial charge in [0.25, 0.3) is 0 Å². The minimum absolute atomic E-state index is 0.351. The molecular formula is C12H8BrClN4. The Balaban J connectivity index is 2.22. The molecule has 0 aliphatic heterocycles. The van der Waals surface area contributed by atoms with Gasteiger partial charge in [-0.3, -0.25) is 4.98 Å². The lowest BCUT2D eigenvalue weighted by molar-refractivity contribution is 0.803. The first kappa shape index (κ1) is 11.6. The molecule has 0 saturated heterocycles. The number of benzene rings is 1. The van der Waals surface area contributed by atoms with Crippen LogP contribution in [-0.4, -0.2) is 20.0 Å². The number of aromatic nitrogens is 4. The van der Waals surface area contributed by atoms with Crippen molar-refractivity contribution in [2.24, 2.45) is 0 Å². The van der Waals surface area contributed by atoms with Crippen molar-refractivity contribution < 1.29 is 0 Å². The fourth-order valence-electron chi connectivity index (χ4n) is 1.78. The Labute approximate surface area is 117 Å². The van der Waals surface area contributed by atoms with Crippen molar-refractivity contribution >= 4 is 38.4 Å². The van der Waals surface area contributed by atoms with Crippen LogP contribution in [-0.2, 0) is 5.88 Å². The summed E-state index contributed by atoms with van der Waals surface area (Å²) in [5.74, 6) is 0.351. The van der Waals surface area contributed by atoms with Crippen LogP contribution in [0.4, 0.5) is 0 Å². The molecule has 4 nitrogen and oxygen atoms in total. The van der Waals surface area contributed by atoms with Crippen molar-refractivity contribution in [2.75, 3.05) is 0 Å². The number of pyridine rings is 1. The van der Waals surface area contributed by atoms with E-state index in [2.05, 4.69) is 31.2 Å². The van der Waals surface area contributed by atoms with Crippen molar-refractivity contribution in [2.45, 2.75) is 5.88 Å². The maximum atomic E-state index is 5.73. The molecule has 0 aliphatic carbocycles. The van der Waals surface area contributed by atoms with E-state index in [0.29, 0.717) is 5.88 Å². The van der Waals surface area contributed by atoms with Gasteiger partial charge in [0, 0.05) is 16.1 Å². The molecule has 1 aromatic carbocycles. The first-order chi connectivity index (χ1) is 8.78.